The topological polar surface area (TPSA) is 58.6 Å². The summed E-state index contributed by atoms with van der Waals surface area (Å²) in [5, 5.41) is 12.2. The monoisotopic (exact) mass is 405 g/mol. The van der Waals surface area contributed by atoms with Gasteiger partial charge in [0.1, 0.15) is 11.5 Å². The van der Waals surface area contributed by atoms with Crippen LogP contribution in [0.25, 0.3) is 0 Å². The minimum Gasteiger partial charge on any atom is -0.508 e. The Labute approximate surface area is 157 Å². The Morgan fingerprint density at radius 3 is 2.64 bits per heavy atom. The molecule has 0 aliphatic carbocycles. The number of phenolic OH excluding ortho intramolecular Hbond substituents is 1. The molecule has 0 aliphatic rings. The summed E-state index contributed by atoms with van der Waals surface area (Å²) < 4.78 is 6.62. The number of halogens is 1. The number of aromatic hydroxyl groups is 1. The molecular weight excluding hydrogens is 382 g/mol. The average Bonchev–Trinajstić information content (AvgIpc) is 2.61. The zero-order valence-corrected chi connectivity index (χ0v) is 16.0. The number of phenols is 1. The van der Waals surface area contributed by atoms with Gasteiger partial charge < -0.3 is 15.2 Å². The molecule has 2 rings (SSSR count). The molecule has 0 aliphatic heterocycles. The van der Waals surface area contributed by atoms with Crippen LogP contribution in [0.1, 0.15) is 42.1 Å². The molecule has 0 saturated carbocycles. The van der Waals surface area contributed by atoms with Gasteiger partial charge in [-0.15, -0.1) is 0 Å². The van der Waals surface area contributed by atoms with Gasteiger partial charge in [-0.25, -0.2) is 0 Å². The highest BCUT2D eigenvalue weighted by atomic mass is 79.9. The maximum absolute atomic E-state index is 12.3. The van der Waals surface area contributed by atoms with Crippen LogP contribution >= 0.6 is 15.9 Å². The highest BCUT2D eigenvalue weighted by molar-refractivity contribution is 9.10. The second kappa shape index (κ2) is 10.1. The first-order valence-electron chi connectivity index (χ1n) is 8.58. The van der Waals surface area contributed by atoms with Gasteiger partial charge in [-0.1, -0.05) is 31.9 Å². The lowest BCUT2D eigenvalue weighted by atomic mass is 10.1. The number of carbonyl (C=O) groups excluding carboxylic acids is 1. The van der Waals surface area contributed by atoms with E-state index in [1.165, 1.54) is 0 Å². The van der Waals surface area contributed by atoms with Crippen molar-refractivity contribution < 1.29 is 14.6 Å². The van der Waals surface area contributed by atoms with Crippen LogP contribution in [-0.2, 0) is 6.42 Å². The summed E-state index contributed by atoms with van der Waals surface area (Å²) >= 11 is 3.46. The van der Waals surface area contributed by atoms with Crippen molar-refractivity contribution in [3.8, 4) is 11.5 Å². The van der Waals surface area contributed by atoms with Crippen LogP contribution in [-0.4, -0.2) is 24.2 Å². The number of rotatable bonds is 9. The molecule has 0 spiro atoms. The van der Waals surface area contributed by atoms with E-state index in [0.717, 1.165) is 29.3 Å². The molecule has 2 N–H and O–H groups in total. The van der Waals surface area contributed by atoms with Crippen molar-refractivity contribution >= 4 is 21.8 Å². The van der Waals surface area contributed by atoms with Gasteiger partial charge in [-0.2, -0.15) is 0 Å². The number of hydrogen-bond acceptors (Lipinski definition) is 3. The van der Waals surface area contributed by atoms with Crippen molar-refractivity contribution in [3.05, 3.63) is 58.1 Å². The number of carbonyl (C=O) groups is 1. The number of benzene rings is 2. The van der Waals surface area contributed by atoms with Gasteiger partial charge in [0.25, 0.3) is 5.91 Å². The van der Waals surface area contributed by atoms with E-state index in [4.69, 9.17) is 4.74 Å². The molecule has 0 atom stereocenters. The van der Waals surface area contributed by atoms with Crippen LogP contribution in [0.4, 0.5) is 0 Å². The first-order chi connectivity index (χ1) is 12.1. The highest BCUT2D eigenvalue weighted by Crippen LogP contribution is 2.26. The number of unbranched alkanes of at least 4 members (excludes halogenated alkanes) is 2. The smallest absolute Gasteiger partial charge is 0.251 e. The molecule has 0 unspecified atom stereocenters. The molecular formula is C20H24BrNO3. The average molecular weight is 406 g/mol. The van der Waals surface area contributed by atoms with Crippen molar-refractivity contribution in [2.24, 2.45) is 0 Å². The van der Waals surface area contributed by atoms with Crippen molar-refractivity contribution in [1.82, 2.24) is 5.32 Å². The predicted octanol–water partition coefficient (Wildman–Crippen LogP) is 4.70. The Morgan fingerprint density at radius 2 is 1.92 bits per heavy atom. The van der Waals surface area contributed by atoms with E-state index < -0.39 is 0 Å². The van der Waals surface area contributed by atoms with Crippen LogP contribution in [0.5, 0.6) is 11.5 Å². The Balaban J connectivity index is 1.86. The summed E-state index contributed by atoms with van der Waals surface area (Å²) in [5.74, 6) is 0.820. The van der Waals surface area contributed by atoms with Crippen LogP contribution in [0, 0.1) is 0 Å². The first kappa shape index (κ1) is 19.3. The maximum Gasteiger partial charge on any atom is 0.251 e. The summed E-state index contributed by atoms with van der Waals surface area (Å²) in [4.78, 5) is 12.3. The summed E-state index contributed by atoms with van der Waals surface area (Å²) in [6, 6.07) is 12.4. The zero-order valence-electron chi connectivity index (χ0n) is 14.4. The lowest BCUT2D eigenvalue weighted by Crippen LogP contribution is -2.25. The van der Waals surface area contributed by atoms with Gasteiger partial charge in [0.15, 0.2) is 0 Å². The fourth-order valence-electron chi connectivity index (χ4n) is 2.37. The Morgan fingerprint density at radius 1 is 1.16 bits per heavy atom. The molecule has 5 heteroatoms. The normalized spacial score (nSPS) is 10.5. The molecule has 0 radical (unpaired) electrons. The molecule has 0 aromatic heterocycles. The van der Waals surface area contributed by atoms with Gasteiger partial charge in [-0.05, 0) is 64.7 Å². The molecule has 0 saturated heterocycles. The number of ether oxygens (including phenoxy) is 1. The van der Waals surface area contributed by atoms with Crippen LogP contribution < -0.4 is 10.1 Å². The molecule has 134 valence electrons. The molecule has 1 amide bonds. The summed E-state index contributed by atoms with van der Waals surface area (Å²) in [7, 11) is 0. The Hall–Kier alpha value is -2.01. The number of hydrogen-bond donors (Lipinski definition) is 2. The summed E-state index contributed by atoms with van der Waals surface area (Å²) in [5.41, 5.74) is 1.65. The fraction of sp³-hybridized carbons (Fsp3) is 0.350. The first-order valence-corrected chi connectivity index (χ1v) is 9.38. The Bertz CT molecular complexity index is 686. The molecule has 0 fully saturated rings. The molecule has 4 nitrogen and oxygen atoms in total. The largest absolute Gasteiger partial charge is 0.508 e. The standard InChI is InChI=1S/C20H24BrNO3/c1-2-3-4-13-25-19-14-16(7-10-18(19)21)20(24)22-12-11-15-5-8-17(23)9-6-15/h5-10,14,23H,2-4,11-13H2,1H3,(H,22,24). The van der Waals surface area contributed by atoms with E-state index >= 15 is 0 Å². The van der Waals surface area contributed by atoms with Crippen molar-refractivity contribution in [3.63, 3.8) is 0 Å². The second-order valence-electron chi connectivity index (χ2n) is 5.87. The quantitative estimate of drug-likeness (QED) is 0.594. The van der Waals surface area contributed by atoms with Gasteiger partial charge in [0, 0.05) is 12.1 Å². The van der Waals surface area contributed by atoms with Crippen molar-refractivity contribution in [2.45, 2.75) is 32.6 Å². The minimum atomic E-state index is -0.121. The second-order valence-corrected chi connectivity index (χ2v) is 6.73. The lowest BCUT2D eigenvalue weighted by molar-refractivity contribution is 0.0953. The van der Waals surface area contributed by atoms with Gasteiger partial charge >= 0.3 is 0 Å². The lowest BCUT2D eigenvalue weighted by Gasteiger charge is -2.10. The maximum atomic E-state index is 12.3. The predicted molar refractivity (Wildman–Crippen MR) is 103 cm³/mol. The molecule has 0 heterocycles. The van der Waals surface area contributed by atoms with Crippen LogP contribution in [0.3, 0.4) is 0 Å². The van der Waals surface area contributed by atoms with E-state index in [0.29, 0.717) is 30.9 Å². The third-order valence-corrected chi connectivity index (χ3v) is 4.49. The highest BCUT2D eigenvalue weighted by Gasteiger charge is 2.09. The minimum absolute atomic E-state index is 0.121. The van der Waals surface area contributed by atoms with E-state index in [1.807, 2.05) is 18.2 Å². The van der Waals surface area contributed by atoms with Gasteiger partial charge in [-0.3, -0.25) is 4.79 Å². The van der Waals surface area contributed by atoms with E-state index in [9.17, 15) is 9.90 Å². The third kappa shape index (κ3) is 6.42. The number of amides is 1. The molecule has 2 aromatic rings. The van der Waals surface area contributed by atoms with Crippen LogP contribution in [0.15, 0.2) is 46.9 Å². The Kier molecular flexibility index (Phi) is 7.79. The van der Waals surface area contributed by atoms with Crippen molar-refractivity contribution in [1.29, 1.82) is 0 Å². The summed E-state index contributed by atoms with van der Waals surface area (Å²) in [6.07, 6.45) is 4.00. The number of nitrogens with one attached hydrogen (secondary N) is 1. The molecule has 25 heavy (non-hydrogen) atoms. The fourth-order valence-corrected chi connectivity index (χ4v) is 2.74. The van der Waals surface area contributed by atoms with E-state index in [2.05, 4.69) is 28.2 Å². The van der Waals surface area contributed by atoms with Crippen molar-refractivity contribution in [2.75, 3.05) is 13.2 Å². The third-order valence-electron chi connectivity index (χ3n) is 3.83. The zero-order chi connectivity index (χ0) is 18.1. The van der Waals surface area contributed by atoms with E-state index in [-0.39, 0.29) is 11.7 Å². The van der Waals surface area contributed by atoms with Gasteiger partial charge in [0.05, 0.1) is 11.1 Å². The SMILES string of the molecule is CCCCCOc1cc(C(=O)NCCc2ccc(O)cc2)ccc1Br. The van der Waals surface area contributed by atoms with Gasteiger partial charge in [0.2, 0.25) is 0 Å². The summed E-state index contributed by atoms with van der Waals surface area (Å²) in [6.45, 7) is 3.34. The van der Waals surface area contributed by atoms with Crippen LogP contribution in [0.2, 0.25) is 0 Å². The molecule has 0 bridgehead atoms. The molecule has 2 aromatic carbocycles. The van der Waals surface area contributed by atoms with E-state index in [1.54, 1.807) is 24.3 Å².